The fourth-order valence-electron chi connectivity index (χ4n) is 3.19. The maximum atomic E-state index is 12.8. The molecule has 0 aliphatic rings. The second kappa shape index (κ2) is 16.1. The van der Waals surface area contributed by atoms with Gasteiger partial charge in [0.1, 0.15) is 11.6 Å². The number of Topliss-reactive ketones (excluding diaryl/α,β-unsaturated/α-hetero) is 2. The van der Waals surface area contributed by atoms with Crippen LogP contribution in [0.2, 0.25) is 0 Å². The van der Waals surface area contributed by atoms with Crippen molar-refractivity contribution in [2.45, 2.75) is 103 Å². The van der Waals surface area contributed by atoms with Crippen LogP contribution in [0.1, 0.15) is 91.9 Å². The van der Waals surface area contributed by atoms with Gasteiger partial charge >= 0.3 is 23.4 Å². The highest BCUT2D eigenvalue weighted by atomic mass is 31.3. The van der Waals surface area contributed by atoms with Crippen molar-refractivity contribution in [3.05, 3.63) is 24.3 Å². The molecule has 0 bridgehead atoms. The number of hydrogen-bond donors (Lipinski definition) is 2. The van der Waals surface area contributed by atoms with E-state index >= 15 is 0 Å². The quantitative estimate of drug-likeness (QED) is 0.123. The van der Waals surface area contributed by atoms with E-state index in [1.54, 1.807) is 27.7 Å². The van der Waals surface area contributed by atoms with Crippen LogP contribution in [0.4, 0.5) is 0 Å². The van der Waals surface area contributed by atoms with Crippen molar-refractivity contribution in [3.63, 3.8) is 0 Å². The Labute approximate surface area is 204 Å². The molecule has 0 aromatic rings. The van der Waals surface area contributed by atoms with Crippen LogP contribution < -0.4 is 0 Å². The highest BCUT2D eigenvalue weighted by Gasteiger charge is 2.49. The first-order valence-electron chi connectivity index (χ1n) is 11.5. The summed E-state index contributed by atoms with van der Waals surface area (Å²) in [6.07, 6.45) is 2.15. The van der Waals surface area contributed by atoms with E-state index in [1.165, 1.54) is 0 Å². The first kappa shape index (κ1) is 33.2. The Bertz CT molecular complexity index is 771. The lowest BCUT2D eigenvalue weighted by Crippen LogP contribution is -2.16. The summed E-state index contributed by atoms with van der Waals surface area (Å²) < 4.78 is 47.6. The van der Waals surface area contributed by atoms with Gasteiger partial charge in [-0.3, -0.25) is 18.7 Å². The fourth-order valence-corrected chi connectivity index (χ4v) is 8.06. The SMILES string of the molecule is C=C(C)CCCC(CC(=O)CC)P(=O)(O)O[P+](=O)OP(=O)(O)C(CCCC(=C)C)CC(=O)CC. The van der Waals surface area contributed by atoms with Crippen molar-refractivity contribution in [3.8, 4) is 0 Å². The van der Waals surface area contributed by atoms with Gasteiger partial charge in [0.05, 0.1) is 11.3 Å². The Morgan fingerprint density at radius 2 is 1.15 bits per heavy atom. The molecule has 0 aliphatic heterocycles. The first-order chi connectivity index (χ1) is 15.6. The summed E-state index contributed by atoms with van der Waals surface area (Å²) >= 11 is 0. The Morgan fingerprint density at radius 3 is 1.41 bits per heavy atom. The zero-order chi connectivity index (χ0) is 26.5. The molecule has 0 aromatic carbocycles. The summed E-state index contributed by atoms with van der Waals surface area (Å²) in [7, 11) is -12.7. The lowest BCUT2D eigenvalue weighted by molar-refractivity contribution is -0.119. The van der Waals surface area contributed by atoms with Gasteiger partial charge in [-0.2, -0.15) is 0 Å². The van der Waals surface area contributed by atoms with Crippen LogP contribution in [0, 0.1) is 0 Å². The Hall–Kier alpha value is -0.780. The number of hydrogen-bond acceptors (Lipinski definition) is 7. The smallest absolute Gasteiger partial charge is 0.321 e. The second-order valence-corrected chi connectivity index (χ2v) is 14.2. The maximum Gasteiger partial charge on any atom is 0.715 e. The summed E-state index contributed by atoms with van der Waals surface area (Å²) in [5.74, 6) is -0.532. The number of carbonyl (C=O) groups is 2. The summed E-state index contributed by atoms with van der Waals surface area (Å²) in [5.41, 5.74) is -0.533. The Morgan fingerprint density at radius 1 is 0.824 bits per heavy atom. The Balaban J connectivity index is 5.44. The maximum absolute atomic E-state index is 12.8. The molecule has 0 saturated heterocycles. The van der Waals surface area contributed by atoms with Gasteiger partial charge in [-0.15, -0.1) is 13.2 Å². The van der Waals surface area contributed by atoms with E-state index in [2.05, 4.69) is 13.2 Å². The summed E-state index contributed by atoms with van der Waals surface area (Å²) in [4.78, 5) is 44.7. The second-order valence-electron chi connectivity index (χ2n) is 8.71. The molecule has 2 N–H and O–H groups in total. The lowest BCUT2D eigenvalue weighted by atomic mass is 10.1. The van der Waals surface area contributed by atoms with Gasteiger partial charge in [-0.05, 0) is 61.0 Å². The van der Waals surface area contributed by atoms with Crippen LogP contribution in [-0.4, -0.2) is 32.7 Å². The number of ketones is 2. The molecule has 0 amide bonds. The van der Waals surface area contributed by atoms with Crippen LogP contribution >= 0.6 is 23.4 Å². The number of allylic oxidation sites excluding steroid dienone is 2. The molecule has 9 nitrogen and oxygen atoms in total. The largest absolute Gasteiger partial charge is 0.715 e. The van der Waals surface area contributed by atoms with Crippen molar-refractivity contribution in [2.75, 3.05) is 0 Å². The Kier molecular flexibility index (Phi) is 15.7. The lowest BCUT2D eigenvalue weighted by Gasteiger charge is -2.19. The van der Waals surface area contributed by atoms with E-state index in [0.29, 0.717) is 25.7 Å². The van der Waals surface area contributed by atoms with E-state index in [1.807, 2.05) is 0 Å². The van der Waals surface area contributed by atoms with E-state index in [9.17, 15) is 33.1 Å². The standard InChI is InChI=1S/C22H39O9P3/c1-7-19(23)15-21(13-9-11-17(3)4)33(26,27)30-32(25)31-34(28,29)22(16-20(24)8-2)14-10-12-18(5)6/h21-22H,3,5,7-16H2,1-2,4,6H3,(H-,26,27,28,29)/p+1. The van der Waals surface area contributed by atoms with E-state index < -0.39 is 34.8 Å². The molecule has 4 unspecified atom stereocenters. The average Bonchev–Trinajstić information content (AvgIpc) is 2.70. The van der Waals surface area contributed by atoms with Crippen LogP contribution in [0.15, 0.2) is 24.3 Å². The van der Waals surface area contributed by atoms with Gasteiger partial charge in [0.2, 0.25) is 0 Å². The van der Waals surface area contributed by atoms with Gasteiger partial charge in [0.25, 0.3) is 0 Å². The van der Waals surface area contributed by atoms with Crippen molar-refractivity contribution in [1.82, 2.24) is 0 Å². The van der Waals surface area contributed by atoms with E-state index in [4.69, 9.17) is 8.62 Å². The monoisotopic (exact) mass is 541 g/mol. The predicted molar refractivity (Wildman–Crippen MR) is 134 cm³/mol. The van der Waals surface area contributed by atoms with Gasteiger partial charge in [0.15, 0.2) is 0 Å². The molecular formula is C22H40O9P3+. The highest BCUT2D eigenvalue weighted by molar-refractivity contribution is 7.65. The first-order valence-corrected chi connectivity index (χ1v) is 15.9. The molecule has 34 heavy (non-hydrogen) atoms. The zero-order valence-corrected chi connectivity index (χ0v) is 23.4. The zero-order valence-electron chi connectivity index (χ0n) is 20.7. The molecular weight excluding hydrogens is 501 g/mol. The van der Waals surface area contributed by atoms with Crippen molar-refractivity contribution in [2.24, 2.45) is 0 Å². The molecule has 0 aromatic heterocycles. The third kappa shape index (κ3) is 13.9. The van der Waals surface area contributed by atoms with Crippen molar-refractivity contribution < 1.29 is 41.7 Å². The van der Waals surface area contributed by atoms with E-state index in [0.717, 1.165) is 11.1 Å². The number of carbonyl (C=O) groups excluding carboxylic acids is 2. The van der Waals surface area contributed by atoms with Crippen molar-refractivity contribution in [1.29, 1.82) is 0 Å². The molecule has 12 heteroatoms. The van der Waals surface area contributed by atoms with Crippen LogP contribution in [0.25, 0.3) is 0 Å². The third-order valence-electron chi connectivity index (χ3n) is 5.29. The van der Waals surface area contributed by atoms with Crippen molar-refractivity contribution >= 4 is 35.0 Å². The van der Waals surface area contributed by atoms with Gasteiger partial charge < -0.3 is 9.79 Å². The van der Waals surface area contributed by atoms with Crippen LogP contribution in [0.3, 0.4) is 0 Å². The fraction of sp³-hybridized carbons (Fsp3) is 0.727. The molecule has 0 rings (SSSR count). The minimum absolute atomic E-state index is 0.140. The molecule has 0 fully saturated rings. The van der Waals surface area contributed by atoms with Gasteiger partial charge in [0, 0.05) is 30.2 Å². The van der Waals surface area contributed by atoms with Crippen LogP contribution in [-0.2, 0) is 31.9 Å². The molecule has 196 valence electrons. The topological polar surface area (TPSA) is 144 Å². The molecule has 0 radical (unpaired) electrons. The molecule has 4 atom stereocenters. The third-order valence-corrected chi connectivity index (χ3v) is 11.0. The molecule has 0 aliphatic carbocycles. The average molecular weight is 541 g/mol. The molecule has 0 heterocycles. The highest BCUT2D eigenvalue weighted by Crippen LogP contribution is 2.64. The minimum atomic E-state index is -4.64. The van der Waals surface area contributed by atoms with Gasteiger partial charge in [-0.25, -0.2) is 0 Å². The predicted octanol–water partition coefficient (Wildman–Crippen LogP) is 7.02. The summed E-state index contributed by atoms with van der Waals surface area (Å²) in [6, 6.07) is 0. The normalized spacial score (nSPS) is 17.2. The number of rotatable bonds is 20. The van der Waals surface area contributed by atoms with E-state index in [-0.39, 0.29) is 50.1 Å². The summed E-state index contributed by atoms with van der Waals surface area (Å²) in [6.45, 7) is 14.4. The minimum Gasteiger partial charge on any atom is -0.321 e. The summed E-state index contributed by atoms with van der Waals surface area (Å²) in [5, 5.41) is 0. The van der Waals surface area contributed by atoms with Gasteiger partial charge in [-0.1, -0.05) is 25.0 Å². The van der Waals surface area contributed by atoms with Crippen LogP contribution in [0.5, 0.6) is 0 Å². The molecule has 0 saturated carbocycles. The molecule has 0 spiro atoms.